The summed E-state index contributed by atoms with van der Waals surface area (Å²) in [5, 5.41) is 32.8. The van der Waals surface area contributed by atoms with Crippen molar-refractivity contribution < 1.29 is 19.3 Å². The Morgan fingerprint density at radius 2 is 2.22 bits per heavy atom. The maximum absolute atomic E-state index is 15.1. The van der Waals surface area contributed by atoms with Crippen LogP contribution in [0.5, 0.6) is 0 Å². The molecule has 1 fully saturated rings. The smallest absolute Gasteiger partial charge is 0.244 e. The van der Waals surface area contributed by atoms with Crippen LogP contribution in [0.4, 0.5) is 16.2 Å². The van der Waals surface area contributed by atoms with Gasteiger partial charge in [0.05, 0.1) is 12.3 Å². The zero-order valence-electron chi connectivity index (χ0n) is 11.5. The Kier molecular flexibility index (Phi) is 3.45. The van der Waals surface area contributed by atoms with Crippen molar-refractivity contribution in [2.45, 2.75) is 22.4 Å². The second kappa shape index (κ2) is 5.00. The summed E-state index contributed by atoms with van der Waals surface area (Å²) < 4.78 is 18.9. The molecule has 0 bridgehead atoms. The van der Waals surface area contributed by atoms with Crippen molar-refractivity contribution in [1.82, 2.24) is 14.6 Å². The molecule has 6 N–H and O–H groups in total. The Morgan fingerprint density at radius 3 is 2.78 bits per heavy atom. The predicted octanol–water partition coefficient (Wildman–Crippen LogP) is -0.575. The Bertz CT molecular complexity index is 821. The first-order valence-corrected chi connectivity index (χ1v) is 7.25. The molecule has 4 atom stereocenters. The van der Waals surface area contributed by atoms with Crippen molar-refractivity contribution in [3.63, 3.8) is 0 Å². The molecule has 0 aliphatic carbocycles. The van der Waals surface area contributed by atoms with Crippen molar-refractivity contribution in [1.29, 1.82) is 5.26 Å². The zero-order chi connectivity index (χ0) is 17.0. The number of hydrogen-bond donors (Lipinski definition) is 4. The molecule has 0 saturated carbocycles. The molecule has 0 radical (unpaired) electrons. The Morgan fingerprint density at radius 1 is 1.52 bits per heavy atom. The van der Waals surface area contributed by atoms with E-state index in [0.29, 0.717) is 0 Å². The second-order valence-corrected chi connectivity index (χ2v) is 6.22. The average Bonchev–Trinajstić information content (AvgIpc) is 2.99. The van der Waals surface area contributed by atoms with Crippen LogP contribution in [0.3, 0.4) is 0 Å². The molecule has 122 valence electrons. The van der Waals surface area contributed by atoms with Gasteiger partial charge in [-0.2, -0.15) is 10.2 Å². The number of aliphatic hydroxyl groups excluding tert-OH is 2. The zero-order valence-corrected chi connectivity index (χ0v) is 13.1. The van der Waals surface area contributed by atoms with Crippen LogP contribution in [-0.4, -0.2) is 48.2 Å². The van der Waals surface area contributed by atoms with E-state index in [0.717, 1.165) is 4.52 Å². The number of fused-ring (bicyclic) bond motifs is 1. The fraction of sp³-hybridized carbons (Fsp3) is 0.417. The number of rotatable bonds is 2. The summed E-state index contributed by atoms with van der Waals surface area (Å²) in [7, 11) is 0. The van der Waals surface area contributed by atoms with Crippen LogP contribution in [0, 0.1) is 11.3 Å². The molecule has 0 aromatic carbocycles. The van der Waals surface area contributed by atoms with Crippen LogP contribution in [-0.2, 0) is 10.3 Å². The number of ether oxygens (including phenoxy) is 1. The summed E-state index contributed by atoms with van der Waals surface area (Å²) in [6.45, 7) is -0.676. The molecule has 0 amide bonds. The standard InChI is InChI=1S/C12H12BrFN6O3/c13-12(14)8(22)6(3-21)23-11(12,4-15)7-2-1-5-9(16)18-10(17)19-20(5)7/h1-2,6,8,21-22H,3H2,(H4,16,17,18,19)/t6-,8?,11+,12-/m1/s1. The van der Waals surface area contributed by atoms with E-state index < -0.39 is 29.0 Å². The monoisotopic (exact) mass is 386 g/mol. The lowest BCUT2D eigenvalue weighted by molar-refractivity contribution is -0.0587. The molecule has 2 aromatic rings. The predicted molar refractivity (Wildman–Crippen MR) is 79.8 cm³/mol. The summed E-state index contributed by atoms with van der Waals surface area (Å²) in [4.78, 5) is 3.78. The number of alkyl halides is 2. The normalized spacial score (nSPS) is 33.9. The lowest BCUT2D eigenvalue weighted by Crippen LogP contribution is -2.46. The summed E-state index contributed by atoms with van der Waals surface area (Å²) in [6, 6.07) is 4.55. The summed E-state index contributed by atoms with van der Waals surface area (Å²) in [6.07, 6.45) is -3.09. The van der Waals surface area contributed by atoms with E-state index in [-0.39, 0.29) is 23.0 Å². The number of halogens is 2. The van der Waals surface area contributed by atoms with Gasteiger partial charge in [0.1, 0.15) is 23.8 Å². The molecule has 23 heavy (non-hydrogen) atoms. The average molecular weight is 387 g/mol. The molecule has 1 aliphatic rings. The Labute approximate surface area is 137 Å². The van der Waals surface area contributed by atoms with E-state index >= 15 is 4.39 Å². The van der Waals surface area contributed by atoms with Crippen molar-refractivity contribution in [2.75, 3.05) is 18.1 Å². The van der Waals surface area contributed by atoms with E-state index in [1.807, 2.05) is 0 Å². The highest BCUT2D eigenvalue weighted by molar-refractivity contribution is 9.10. The Hall–Kier alpha value is -2.00. The Balaban J connectivity index is 2.29. The van der Waals surface area contributed by atoms with Crippen LogP contribution in [0.25, 0.3) is 5.52 Å². The second-order valence-electron chi connectivity index (χ2n) is 5.07. The van der Waals surface area contributed by atoms with Crippen LogP contribution >= 0.6 is 15.9 Å². The SMILES string of the molecule is N#C[C@@]1(c2ccc3c(N)nc(N)nn23)O[C@H](CO)C(O)[C@]1(F)Br. The van der Waals surface area contributed by atoms with Gasteiger partial charge in [-0.15, -0.1) is 5.10 Å². The van der Waals surface area contributed by atoms with Gasteiger partial charge in [-0.25, -0.2) is 8.91 Å². The van der Waals surface area contributed by atoms with E-state index in [1.165, 1.54) is 12.1 Å². The molecule has 3 heterocycles. The van der Waals surface area contributed by atoms with E-state index in [1.54, 1.807) is 6.07 Å². The molecule has 1 aliphatic heterocycles. The number of hydrogen-bond acceptors (Lipinski definition) is 8. The van der Waals surface area contributed by atoms with Gasteiger partial charge in [-0.1, -0.05) is 0 Å². The fourth-order valence-electron chi connectivity index (χ4n) is 2.64. The minimum Gasteiger partial charge on any atom is -0.394 e. The minimum absolute atomic E-state index is 0.0353. The molecule has 11 heteroatoms. The van der Waals surface area contributed by atoms with Crippen LogP contribution < -0.4 is 11.5 Å². The third kappa shape index (κ3) is 1.93. The number of nitrogen functional groups attached to an aromatic ring is 2. The van der Waals surface area contributed by atoms with Gasteiger partial charge in [0.2, 0.25) is 16.1 Å². The van der Waals surface area contributed by atoms with Crippen LogP contribution in [0.1, 0.15) is 5.69 Å². The highest BCUT2D eigenvalue weighted by atomic mass is 79.9. The van der Waals surface area contributed by atoms with Crippen molar-refractivity contribution in [3.05, 3.63) is 17.8 Å². The van der Waals surface area contributed by atoms with Crippen LogP contribution in [0.15, 0.2) is 12.1 Å². The van der Waals surface area contributed by atoms with Gasteiger partial charge in [0.25, 0.3) is 0 Å². The number of aromatic nitrogens is 3. The van der Waals surface area contributed by atoms with Gasteiger partial charge in [0.15, 0.2) is 5.82 Å². The molecular formula is C12H12BrFN6O3. The lowest BCUT2D eigenvalue weighted by atomic mass is 9.93. The van der Waals surface area contributed by atoms with E-state index in [9.17, 15) is 15.5 Å². The van der Waals surface area contributed by atoms with Gasteiger partial charge < -0.3 is 26.4 Å². The first-order valence-electron chi connectivity index (χ1n) is 6.45. The number of nitriles is 1. The number of anilines is 2. The lowest BCUT2D eigenvalue weighted by Gasteiger charge is -2.29. The van der Waals surface area contributed by atoms with Gasteiger partial charge in [0, 0.05) is 0 Å². The highest BCUT2D eigenvalue weighted by Crippen LogP contribution is 2.53. The number of nitrogens with two attached hydrogens (primary N) is 2. The molecule has 9 nitrogen and oxygen atoms in total. The molecule has 2 aromatic heterocycles. The van der Waals surface area contributed by atoms with Crippen molar-refractivity contribution >= 4 is 33.2 Å². The van der Waals surface area contributed by atoms with Gasteiger partial charge in [-0.3, -0.25) is 0 Å². The molecule has 1 saturated heterocycles. The summed E-state index contributed by atoms with van der Waals surface area (Å²) >= 11 is 2.72. The quantitative estimate of drug-likeness (QED) is 0.499. The minimum atomic E-state index is -2.69. The fourth-order valence-corrected chi connectivity index (χ4v) is 3.32. The largest absolute Gasteiger partial charge is 0.394 e. The highest BCUT2D eigenvalue weighted by Gasteiger charge is 2.68. The first kappa shape index (κ1) is 15.9. The molecule has 3 rings (SSSR count). The van der Waals surface area contributed by atoms with E-state index in [2.05, 4.69) is 26.0 Å². The summed E-state index contributed by atoms with van der Waals surface area (Å²) in [5.74, 6) is -0.148. The van der Waals surface area contributed by atoms with Crippen molar-refractivity contribution in [2.24, 2.45) is 0 Å². The van der Waals surface area contributed by atoms with Gasteiger partial charge in [-0.05, 0) is 28.1 Å². The molecule has 0 spiro atoms. The third-order valence-electron chi connectivity index (χ3n) is 3.77. The molecule has 1 unspecified atom stereocenters. The number of aliphatic hydroxyl groups is 2. The van der Waals surface area contributed by atoms with Crippen LogP contribution in [0.2, 0.25) is 0 Å². The number of nitrogens with zero attached hydrogens (tertiary/aromatic N) is 4. The maximum atomic E-state index is 15.1. The topological polar surface area (TPSA) is 156 Å². The maximum Gasteiger partial charge on any atom is 0.244 e. The first-order chi connectivity index (χ1) is 10.8. The van der Waals surface area contributed by atoms with E-state index in [4.69, 9.17) is 16.2 Å². The van der Waals surface area contributed by atoms with Crippen molar-refractivity contribution in [3.8, 4) is 6.07 Å². The van der Waals surface area contributed by atoms with Gasteiger partial charge >= 0.3 is 0 Å². The summed E-state index contributed by atoms with van der Waals surface area (Å²) in [5.41, 5.74) is 9.23. The molecular weight excluding hydrogens is 375 g/mol. The third-order valence-corrected chi connectivity index (χ3v) is 4.80.